The van der Waals surface area contributed by atoms with E-state index in [0.717, 1.165) is 79.3 Å². The minimum Gasteiger partial charge on any atom is -0.445 e. The van der Waals surface area contributed by atoms with Crippen molar-refractivity contribution < 1.29 is 46.1 Å². The Morgan fingerprint density at radius 3 is 0.723 bits per heavy atom. The lowest BCUT2D eigenvalue weighted by Gasteiger charge is -2.33. The van der Waals surface area contributed by atoms with E-state index in [0.29, 0.717) is 57.1 Å². The van der Waals surface area contributed by atoms with Gasteiger partial charge in [0.05, 0.1) is 0 Å². The predicted molar refractivity (Wildman–Crippen MR) is 411 cm³/mol. The molecule has 0 aliphatic carbocycles. The van der Waals surface area contributed by atoms with Crippen LogP contribution in [0.15, 0.2) is 267 Å². The molecule has 0 aromatic heterocycles. The van der Waals surface area contributed by atoms with E-state index in [1.54, 1.807) is 48.5 Å². The first-order valence-corrected chi connectivity index (χ1v) is 38.8. The quantitative estimate of drug-likeness (QED) is 0.0860. The van der Waals surface area contributed by atoms with Gasteiger partial charge in [-0.3, -0.25) is 18.6 Å². The molecule has 0 saturated heterocycles. The van der Waals surface area contributed by atoms with E-state index in [-0.39, 0.29) is 10.8 Å². The molecular formula is C86H83NO10P3S+. The Balaban J connectivity index is 0.992. The predicted octanol–water partition coefficient (Wildman–Crippen LogP) is 22.8. The highest BCUT2D eigenvalue weighted by atomic mass is 32.7. The molecular weight excluding hydrogens is 1330 g/mol. The zero-order valence-electron chi connectivity index (χ0n) is 58.9. The number of benzene rings is 11. The molecule has 0 atom stereocenters. The Morgan fingerprint density at radius 2 is 0.505 bits per heavy atom. The van der Waals surface area contributed by atoms with Crippen LogP contribution in [0.25, 0.3) is 0 Å². The smallest absolute Gasteiger partial charge is 0.445 e. The highest BCUT2D eigenvalue weighted by Gasteiger charge is 2.58. The molecule has 11 nitrogen and oxygen atoms in total. The third kappa shape index (κ3) is 14.7. The third-order valence-corrected chi connectivity index (χ3v) is 26.8. The van der Waals surface area contributed by atoms with E-state index in [9.17, 15) is 9.59 Å². The van der Waals surface area contributed by atoms with Crippen molar-refractivity contribution in [3.05, 3.63) is 345 Å². The van der Waals surface area contributed by atoms with Crippen molar-refractivity contribution in [1.29, 1.82) is 0 Å². The first-order valence-electron chi connectivity index (χ1n) is 33.8. The molecule has 101 heavy (non-hydrogen) atoms. The van der Waals surface area contributed by atoms with Crippen LogP contribution < -0.4 is 36.5 Å². The number of nitrogens with zero attached hydrogens (tertiary/aromatic N) is 1. The maximum Gasteiger partial charge on any atom is 0.530 e. The Kier molecular flexibility index (Phi) is 19.4. The zero-order valence-corrected chi connectivity index (χ0v) is 62.5. The van der Waals surface area contributed by atoms with E-state index in [1.807, 2.05) is 84.9 Å². The lowest BCUT2D eigenvalue weighted by molar-refractivity contribution is 0.0944. The standard InChI is InChI=1S/C86H82NO10P3S/c1-81(2)61-17-19-64(20-18-61)84(7,8)70-35-51-76(52-36-70)93-99-94-77-53-37-71(38-54-77)85(9,10)65-25-21-62(22-26-65)82(3,4)68-31-47-74(48-32-68)91-98(92-75-49-33-69(34-50-75)83(5,6)63-23-27-66(28-24-63)86(11,12)72-39-55-78(95-99)56-40-72)87(90-73-45-29-67(81)30-46-73)100(101,96-79-41-13-59(57-88)14-42-79)97-80-43-15-60(58-89)16-44-80/h13-58H,1-12H3/p+1. The normalized spacial score (nSPS) is 18.0. The number of carbonyl (C=O) groups is 2. The Morgan fingerprint density at radius 1 is 0.307 bits per heavy atom. The van der Waals surface area contributed by atoms with Crippen LogP contribution >= 0.6 is 24.2 Å². The van der Waals surface area contributed by atoms with Gasteiger partial charge in [0, 0.05) is 43.6 Å². The summed E-state index contributed by atoms with van der Waals surface area (Å²) in [6, 6.07) is 88.3. The van der Waals surface area contributed by atoms with Gasteiger partial charge in [0.1, 0.15) is 29.8 Å². The maximum absolute atomic E-state index is 12.1. The van der Waals surface area contributed by atoms with Crippen molar-refractivity contribution in [2.75, 3.05) is 0 Å². The lowest BCUT2D eigenvalue weighted by Crippen LogP contribution is -2.31. The van der Waals surface area contributed by atoms with Crippen molar-refractivity contribution in [2.45, 2.75) is 116 Å². The van der Waals surface area contributed by atoms with Gasteiger partial charge in [-0.05, 0) is 188 Å². The molecule has 11 aromatic rings. The van der Waals surface area contributed by atoms with E-state index in [2.05, 4.69) is 217 Å². The van der Waals surface area contributed by atoms with Gasteiger partial charge >= 0.3 is 24.2 Å². The van der Waals surface area contributed by atoms with E-state index in [1.165, 1.54) is 4.60 Å². The zero-order chi connectivity index (χ0) is 71.1. The molecule has 0 fully saturated rings. The first kappa shape index (κ1) is 70.2. The van der Waals surface area contributed by atoms with E-state index >= 15 is 0 Å². The van der Waals surface area contributed by atoms with Crippen LogP contribution in [0.2, 0.25) is 0 Å². The fourth-order valence-electron chi connectivity index (χ4n) is 13.0. The number of rotatable bonds is 7. The van der Waals surface area contributed by atoms with Crippen molar-refractivity contribution in [3.63, 3.8) is 0 Å². The lowest BCUT2D eigenvalue weighted by atomic mass is 9.74. The second-order valence-corrected chi connectivity index (χ2v) is 34.8. The second-order valence-electron chi connectivity index (χ2n) is 29.0. The third-order valence-electron chi connectivity index (χ3n) is 20.4. The van der Waals surface area contributed by atoms with E-state index in [4.69, 9.17) is 48.8 Å². The minimum atomic E-state index is -4.13. The molecule has 0 radical (unpaired) electrons. The van der Waals surface area contributed by atoms with Crippen molar-refractivity contribution in [2.24, 2.45) is 0 Å². The fraction of sp³-hybridized carbons (Fsp3) is 0.209. The highest BCUT2D eigenvalue weighted by molar-refractivity contribution is 8.38. The molecule has 0 spiro atoms. The van der Waals surface area contributed by atoms with Gasteiger partial charge < -0.3 is 39.7 Å². The van der Waals surface area contributed by atoms with Crippen LogP contribution in [0.4, 0.5) is 0 Å². The monoisotopic (exact) mass is 1410 g/mol. The molecule has 0 N–H and O–H groups in total. The SMILES string of the molecule is CC1(C)c2ccc(cc2)ON([P+]([S-])(Oc2ccc(C=O)cc2)Oc2ccc(C=O)cc2)[PH+]2Oc3ccc(cc3)C(C)(C)c3ccc(cc3)C(C)(C)c3ccc(cc3)OP(Oc3ccc(cc3)C(C)(C)c3ccc1cc3)Oc1ccc(cc1)C(C)(C)c1ccc(cc1)C(C)(C)c1ccc(cc1)O2. The molecule has 15 heteroatoms. The van der Waals surface area contributed by atoms with Crippen LogP contribution in [0, 0.1) is 0 Å². The molecule has 0 amide bonds. The summed E-state index contributed by atoms with van der Waals surface area (Å²) in [6.07, 6.45) is 1.52. The summed E-state index contributed by atoms with van der Waals surface area (Å²) in [7, 11) is -9.28. The largest absolute Gasteiger partial charge is 0.530 e. The Bertz CT molecular complexity index is 4490. The van der Waals surface area contributed by atoms with Gasteiger partial charge in [-0.1, -0.05) is 229 Å². The molecule has 30 aliphatic rings. The van der Waals surface area contributed by atoms with Crippen LogP contribution in [0.5, 0.6) is 46.0 Å². The minimum absolute atomic E-state index is 0.292. The molecule has 30 heterocycles. The van der Waals surface area contributed by atoms with Crippen LogP contribution in [-0.4, -0.2) is 17.2 Å². The fourth-order valence-corrected chi connectivity index (χ4v) is 18.7. The number of carbonyl (C=O) groups excluding carboxylic acids is 2. The van der Waals surface area contributed by atoms with Gasteiger partial charge in [0.25, 0.3) is 0 Å². The molecule has 41 rings (SSSR count). The van der Waals surface area contributed by atoms with Gasteiger partial charge in [-0.25, -0.2) is 0 Å². The van der Waals surface area contributed by atoms with Crippen LogP contribution in [0.1, 0.15) is 171 Å². The average Bonchev–Trinajstić information content (AvgIpc) is 0.796. The topological polar surface area (TPSA) is 111 Å². The molecule has 11 aromatic carbocycles. The summed E-state index contributed by atoms with van der Waals surface area (Å²) in [6.45, 7) is 26.7. The number of hydrogen-bond acceptors (Lipinski definition) is 12. The summed E-state index contributed by atoms with van der Waals surface area (Å²) < 4.78 is 50.1. The second kappa shape index (κ2) is 27.9. The summed E-state index contributed by atoms with van der Waals surface area (Å²) in [5.41, 5.74) is 11.5. The summed E-state index contributed by atoms with van der Waals surface area (Å²) >= 11 is 6.81. The molecule has 30 aliphatic heterocycles. The molecule has 0 unspecified atom stereocenters. The van der Waals surface area contributed by atoms with E-state index < -0.39 is 45.9 Å². The molecule has 0 saturated carbocycles. The van der Waals surface area contributed by atoms with Crippen LogP contribution in [-0.2, 0) is 44.7 Å². The number of aldehydes is 2. The van der Waals surface area contributed by atoms with Crippen LogP contribution in [0.3, 0.4) is 0 Å². The van der Waals surface area contributed by atoms with Gasteiger partial charge in [-0.2, -0.15) is 0 Å². The maximum atomic E-state index is 12.1. The van der Waals surface area contributed by atoms with Crippen molar-refractivity contribution >= 4 is 49.0 Å². The molecule has 20 bridgehead atoms. The van der Waals surface area contributed by atoms with Crippen molar-refractivity contribution in [1.82, 2.24) is 4.60 Å². The summed E-state index contributed by atoms with van der Waals surface area (Å²) in [5, 5.41) is 0. The average molecular weight is 1420 g/mol. The number of hydrogen-bond donors (Lipinski definition) is 0. The van der Waals surface area contributed by atoms with Crippen molar-refractivity contribution in [3.8, 4) is 46.0 Å². The van der Waals surface area contributed by atoms with Gasteiger partial charge in [0.15, 0.2) is 28.7 Å². The Hall–Kier alpha value is -9.24. The first-order chi connectivity index (χ1) is 48.2. The Labute approximate surface area is 602 Å². The van der Waals surface area contributed by atoms with Gasteiger partial charge in [0.2, 0.25) is 4.60 Å². The van der Waals surface area contributed by atoms with Gasteiger partial charge in [-0.15, -0.1) is 0 Å². The summed E-state index contributed by atoms with van der Waals surface area (Å²) in [5.74, 6) is 3.72. The highest BCUT2D eigenvalue weighted by Crippen LogP contribution is 2.70. The summed E-state index contributed by atoms with van der Waals surface area (Å²) in [4.78, 5) is 31.3. The molecule has 512 valence electrons.